The summed E-state index contributed by atoms with van der Waals surface area (Å²) in [5.74, 6) is -1.01. The van der Waals surface area contributed by atoms with Crippen molar-refractivity contribution in [3.05, 3.63) is 36.0 Å². The number of nitrogens with zero attached hydrogens (tertiary/aromatic N) is 3. The molecule has 1 aliphatic carbocycles. The number of nitrogens with two attached hydrogens (primary N) is 1. The van der Waals surface area contributed by atoms with Crippen LogP contribution in [0, 0.1) is 5.41 Å². The Kier molecular flexibility index (Phi) is 3.95. The lowest BCUT2D eigenvalue weighted by atomic mass is 9.76. The quantitative estimate of drug-likeness (QED) is 0.880. The zero-order chi connectivity index (χ0) is 17.5. The summed E-state index contributed by atoms with van der Waals surface area (Å²) in [6.07, 6.45) is 4.60. The van der Waals surface area contributed by atoms with Crippen LogP contribution < -0.4 is 5.73 Å². The molecule has 1 aromatic carbocycles. The van der Waals surface area contributed by atoms with Crippen LogP contribution in [0.2, 0.25) is 0 Å². The summed E-state index contributed by atoms with van der Waals surface area (Å²) in [7, 11) is 0. The maximum Gasteiger partial charge on any atom is 0.328 e. The number of rotatable bonds is 5. The summed E-state index contributed by atoms with van der Waals surface area (Å²) < 4.78 is 1.90. The third kappa shape index (κ3) is 3.33. The van der Waals surface area contributed by atoms with Crippen LogP contribution in [-0.4, -0.2) is 26.1 Å². The normalized spacial score (nSPS) is 17.5. The molecule has 0 radical (unpaired) electrons. The maximum absolute atomic E-state index is 11.8. The molecule has 0 saturated heterocycles. The molecule has 128 valence electrons. The smallest absolute Gasteiger partial charge is 0.328 e. The van der Waals surface area contributed by atoms with E-state index in [1.54, 1.807) is 12.1 Å². The second-order valence-electron chi connectivity index (χ2n) is 7.91. The molecule has 6 heteroatoms. The minimum Gasteiger partial charge on any atom is -0.480 e. The number of benzene rings is 1. The predicted octanol–water partition coefficient (Wildman–Crippen LogP) is 2.95. The highest BCUT2D eigenvalue weighted by atomic mass is 16.4. The van der Waals surface area contributed by atoms with E-state index >= 15 is 0 Å². The standard InChI is InChI=1S/C18H24N4O2/c1-17(2,3)11-18(19,16(23)24)13-6-4-12(5-7-13)15-10-22(21-20-15)14-8-9-14/h4-7,10,14H,8-9,11,19H2,1-3H3,(H,23,24). The fraction of sp³-hybridized carbons (Fsp3) is 0.500. The maximum atomic E-state index is 11.8. The molecule has 0 spiro atoms. The second-order valence-corrected chi connectivity index (χ2v) is 7.91. The van der Waals surface area contributed by atoms with Gasteiger partial charge in [-0.1, -0.05) is 50.3 Å². The van der Waals surface area contributed by atoms with Gasteiger partial charge in [-0.05, 0) is 30.2 Å². The van der Waals surface area contributed by atoms with Crippen molar-refractivity contribution in [2.45, 2.75) is 51.6 Å². The van der Waals surface area contributed by atoms with Crippen LogP contribution in [-0.2, 0) is 10.3 Å². The molecule has 1 unspecified atom stereocenters. The van der Waals surface area contributed by atoms with Crippen LogP contribution in [0.1, 0.15) is 51.6 Å². The summed E-state index contributed by atoms with van der Waals surface area (Å²) in [6.45, 7) is 5.96. The number of carbonyl (C=O) groups is 1. The van der Waals surface area contributed by atoms with Gasteiger partial charge in [0, 0.05) is 5.56 Å². The average molecular weight is 328 g/mol. The van der Waals surface area contributed by atoms with Crippen LogP contribution >= 0.6 is 0 Å². The van der Waals surface area contributed by atoms with Crippen LogP contribution in [0.15, 0.2) is 30.5 Å². The summed E-state index contributed by atoms with van der Waals surface area (Å²) in [5, 5.41) is 18.0. The summed E-state index contributed by atoms with van der Waals surface area (Å²) >= 11 is 0. The van der Waals surface area contributed by atoms with E-state index < -0.39 is 11.5 Å². The molecule has 1 atom stereocenters. The minimum absolute atomic E-state index is 0.196. The molecular formula is C18H24N4O2. The molecule has 3 N–H and O–H groups in total. The number of aromatic nitrogens is 3. The van der Waals surface area contributed by atoms with Crippen molar-refractivity contribution in [3.8, 4) is 11.3 Å². The Hall–Kier alpha value is -2.21. The minimum atomic E-state index is -1.40. The molecule has 1 aromatic heterocycles. The van der Waals surface area contributed by atoms with Crippen molar-refractivity contribution in [3.63, 3.8) is 0 Å². The monoisotopic (exact) mass is 328 g/mol. The highest BCUT2D eigenvalue weighted by Gasteiger charge is 2.39. The fourth-order valence-corrected chi connectivity index (χ4v) is 3.00. The lowest BCUT2D eigenvalue weighted by molar-refractivity contribution is -0.145. The zero-order valence-corrected chi connectivity index (χ0v) is 14.4. The van der Waals surface area contributed by atoms with E-state index in [1.807, 2.05) is 43.8 Å². The average Bonchev–Trinajstić information content (AvgIpc) is 3.23. The van der Waals surface area contributed by atoms with Crippen molar-refractivity contribution in [1.29, 1.82) is 0 Å². The Morgan fingerprint density at radius 1 is 1.29 bits per heavy atom. The van der Waals surface area contributed by atoms with Crippen molar-refractivity contribution in [1.82, 2.24) is 15.0 Å². The Balaban J connectivity index is 1.87. The first-order chi connectivity index (χ1) is 11.2. The molecule has 1 heterocycles. The summed E-state index contributed by atoms with van der Waals surface area (Å²) in [4.78, 5) is 11.8. The topological polar surface area (TPSA) is 94.0 Å². The van der Waals surface area contributed by atoms with Gasteiger partial charge in [0.2, 0.25) is 0 Å². The third-order valence-electron chi connectivity index (χ3n) is 4.32. The van der Waals surface area contributed by atoms with Gasteiger partial charge in [0.1, 0.15) is 11.2 Å². The van der Waals surface area contributed by atoms with Gasteiger partial charge in [-0.25, -0.2) is 9.48 Å². The van der Waals surface area contributed by atoms with Gasteiger partial charge in [-0.2, -0.15) is 0 Å². The van der Waals surface area contributed by atoms with Crippen molar-refractivity contribution in [2.75, 3.05) is 0 Å². The van der Waals surface area contributed by atoms with E-state index in [2.05, 4.69) is 10.3 Å². The highest BCUT2D eigenvalue weighted by Crippen LogP contribution is 2.36. The van der Waals surface area contributed by atoms with E-state index in [-0.39, 0.29) is 5.41 Å². The third-order valence-corrected chi connectivity index (χ3v) is 4.32. The van der Waals surface area contributed by atoms with Crippen molar-refractivity contribution < 1.29 is 9.90 Å². The first-order valence-electron chi connectivity index (χ1n) is 8.24. The van der Waals surface area contributed by atoms with Crippen LogP contribution in [0.25, 0.3) is 11.3 Å². The van der Waals surface area contributed by atoms with E-state index in [1.165, 1.54) is 0 Å². The molecule has 6 nitrogen and oxygen atoms in total. The van der Waals surface area contributed by atoms with Gasteiger partial charge < -0.3 is 10.8 Å². The van der Waals surface area contributed by atoms with E-state index in [0.717, 1.165) is 24.1 Å². The lowest BCUT2D eigenvalue weighted by Gasteiger charge is -2.32. The number of carboxylic acid groups (broad SMARTS) is 1. The Bertz CT molecular complexity index is 741. The number of aliphatic carboxylic acids is 1. The number of hydrogen-bond acceptors (Lipinski definition) is 4. The summed E-state index contributed by atoms with van der Waals surface area (Å²) in [5.41, 5.74) is 6.97. The molecule has 2 aromatic rings. The number of carboxylic acids is 1. The number of hydrogen-bond donors (Lipinski definition) is 2. The molecule has 0 bridgehead atoms. The molecule has 0 amide bonds. The first-order valence-corrected chi connectivity index (χ1v) is 8.24. The predicted molar refractivity (Wildman–Crippen MR) is 91.3 cm³/mol. The summed E-state index contributed by atoms with van der Waals surface area (Å²) in [6, 6.07) is 7.78. The van der Waals surface area contributed by atoms with Gasteiger partial charge >= 0.3 is 5.97 Å². The fourth-order valence-electron chi connectivity index (χ4n) is 3.00. The SMILES string of the molecule is CC(C)(C)CC(N)(C(=O)O)c1ccc(-c2cn(C3CC3)nn2)cc1. The van der Waals surface area contributed by atoms with Crippen LogP contribution in [0.3, 0.4) is 0 Å². The van der Waals surface area contributed by atoms with E-state index in [9.17, 15) is 9.90 Å². The molecule has 0 aliphatic heterocycles. The molecule has 24 heavy (non-hydrogen) atoms. The van der Waals surface area contributed by atoms with E-state index in [0.29, 0.717) is 18.0 Å². The first kappa shape index (κ1) is 16.6. The Morgan fingerprint density at radius 2 is 1.92 bits per heavy atom. The van der Waals surface area contributed by atoms with Crippen molar-refractivity contribution in [2.24, 2.45) is 11.1 Å². The molecule has 1 fully saturated rings. The van der Waals surface area contributed by atoms with Gasteiger partial charge in [-0.15, -0.1) is 5.10 Å². The molecular weight excluding hydrogens is 304 g/mol. The largest absolute Gasteiger partial charge is 0.480 e. The molecule has 3 rings (SSSR count). The van der Waals surface area contributed by atoms with Crippen molar-refractivity contribution >= 4 is 5.97 Å². The van der Waals surface area contributed by atoms with Gasteiger partial charge in [0.05, 0.1) is 12.2 Å². The van der Waals surface area contributed by atoms with Gasteiger partial charge in [0.25, 0.3) is 0 Å². The Labute approximate surface area is 141 Å². The lowest BCUT2D eigenvalue weighted by Crippen LogP contribution is -2.47. The van der Waals surface area contributed by atoms with Gasteiger partial charge in [0.15, 0.2) is 0 Å². The highest BCUT2D eigenvalue weighted by molar-refractivity contribution is 5.81. The zero-order valence-electron chi connectivity index (χ0n) is 14.4. The van der Waals surface area contributed by atoms with E-state index in [4.69, 9.17) is 5.73 Å². The molecule has 1 aliphatic rings. The van der Waals surface area contributed by atoms with Gasteiger partial charge in [-0.3, -0.25) is 0 Å². The van der Waals surface area contributed by atoms with Crippen LogP contribution in [0.5, 0.6) is 0 Å². The van der Waals surface area contributed by atoms with Crippen LogP contribution in [0.4, 0.5) is 0 Å². The Morgan fingerprint density at radius 3 is 2.42 bits per heavy atom. The second kappa shape index (κ2) is 5.70. The molecule has 1 saturated carbocycles.